The highest BCUT2D eigenvalue weighted by molar-refractivity contribution is 7.17. The Labute approximate surface area is 194 Å². The Morgan fingerprint density at radius 2 is 1.94 bits per heavy atom. The van der Waals surface area contributed by atoms with E-state index >= 15 is 0 Å². The fourth-order valence-electron chi connectivity index (χ4n) is 3.54. The number of nitrogens with zero attached hydrogens (tertiary/aromatic N) is 5. The van der Waals surface area contributed by atoms with Gasteiger partial charge in [-0.3, -0.25) is 4.79 Å². The number of thiophene rings is 1. The van der Waals surface area contributed by atoms with Gasteiger partial charge in [0.05, 0.1) is 27.1 Å². The first kappa shape index (κ1) is 20.0. The maximum Gasteiger partial charge on any atom is 0.266 e. The number of rotatable bonds is 4. The predicted octanol–water partition coefficient (Wildman–Crippen LogP) is 4.66. The Morgan fingerprint density at radius 3 is 2.74 bits per heavy atom. The van der Waals surface area contributed by atoms with E-state index in [1.165, 1.54) is 29.9 Å². The van der Waals surface area contributed by atoms with Crippen LogP contribution in [0.25, 0.3) is 39.2 Å². The molecule has 9 nitrogen and oxygen atoms in total. The van der Waals surface area contributed by atoms with E-state index in [4.69, 9.17) is 15.1 Å². The highest BCUT2D eigenvalue weighted by Gasteiger charge is 2.19. The summed E-state index contributed by atoms with van der Waals surface area (Å²) in [5.74, 6) is -0.0921. The summed E-state index contributed by atoms with van der Waals surface area (Å²) in [5, 5.41) is 8.31. The molecule has 4 heterocycles. The van der Waals surface area contributed by atoms with Crippen LogP contribution in [-0.2, 0) is 0 Å². The summed E-state index contributed by atoms with van der Waals surface area (Å²) in [4.78, 5) is 26.8. The van der Waals surface area contributed by atoms with Crippen molar-refractivity contribution in [2.45, 2.75) is 0 Å². The Kier molecular flexibility index (Phi) is 4.56. The zero-order chi connectivity index (χ0) is 23.2. The molecular weight excluding hydrogens is 457 g/mol. The molecule has 11 heteroatoms. The summed E-state index contributed by atoms with van der Waals surface area (Å²) in [6, 6.07) is 14.6. The number of halogens is 1. The fraction of sp³-hybridized carbons (Fsp3) is 0. The minimum absolute atomic E-state index is 0.281. The predicted molar refractivity (Wildman–Crippen MR) is 126 cm³/mol. The zero-order valence-corrected chi connectivity index (χ0v) is 18.1. The van der Waals surface area contributed by atoms with Gasteiger partial charge in [0.15, 0.2) is 23.4 Å². The highest BCUT2D eigenvalue weighted by atomic mass is 32.1. The lowest BCUT2D eigenvalue weighted by Gasteiger charge is -2.09. The second kappa shape index (κ2) is 7.74. The first-order valence-electron chi connectivity index (χ1n) is 10.1. The van der Waals surface area contributed by atoms with Crippen LogP contribution in [-0.4, -0.2) is 30.6 Å². The maximum atomic E-state index is 13.5. The summed E-state index contributed by atoms with van der Waals surface area (Å²) < 4.78 is 20.4. The first-order valence-corrected chi connectivity index (χ1v) is 10.9. The van der Waals surface area contributed by atoms with Crippen LogP contribution in [0.5, 0.6) is 0 Å². The molecule has 0 aliphatic carbocycles. The molecule has 6 aromatic rings. The summed E-state index contributed by atoms with van der Waals surface area (Å²) in [5.41, 5.74) is 8.76. The lowest BCUT2D eigenvalue weighted by molar-refractivity contribution is 0.103. The molecule has 0 fully saturated rings. The third kappa shape index (κ3) is 3.44. The van der Waals surface area contributed by atoms with Crippen LogP contribution in [0.15, 0.2) is 71.6 Å². The van der Waals surface area contributed by atoms with Gasteiger partial charge >= 0.3 is 0 Å². The smallest absolute Gasteiger partial charge is 0.266 e. The lowest BCUT2D eigenvalue weighted by atomic mass is 10.2. The van der Waals surface area contributed by atoms with E-state index in [-0.39, 0.29) is 17.5 Å². The second-order valence-electron chi connectivity index (χ2n) is 7.36. The van der Waals surface area contributed by atoms with Crippen LogP contribution in [0.4, 0.5) is 15.2 Å². The number of nitrogens with one attached hydrogen (secondary N) is 1. The van der Waals surface area contributed by atoms with Gasteiger partial charge in [-0.1, -0.05) is 0 Å². The molecule has 0 bridgehead atoms. The minimum atomic E-state index is -0.362. The van der Waals surface area contributed by atoms with Crippen molar-refractivity contribution >= 4 is 50.2 Å². The van der Waals surface area contributed by atoms with Crippen molar-refractivity contribution < 1.29 is 13.6 Å². The zero-order valence-electron chi connectivity index (χ0n) is 17.3. The SMILES string of the molecule is Nc1ccc(C(=O)Nc2nc(-c3ccc4ncoc4c3)nc3c2cnn3-c2ccc(F)cc2)s1. The van der Waals surface area contributed by atoms with Crippen molar-refractivity contribution in [2.24, 2.45) is 0 Å². The molecule has 0 atom stereocenters. The summed E-state index contributed by atoms with van der Waals surface area (Å²) >= 11 is 1.17. The molecule has 6 rings (SSSR count). The molecule has 3 N–H and O–H groups in total. The van der Waals surface area contributed by atoms with Gasteiger partial charge in [0, 0.05) is 5.56 Å². The van der Waals surface area contributed by atoms with E-state index in [2.05, 4.69) is 20.4 Å². The van der Waals surface area contributed by atoms with Crippen LogP contribution in [0, 0.1) is 5.82 Å². The van der Waals surface area contributed by atoms with E-state index in [0.717, 1.165) is 0 Å². The van der Waals surface area contributed by atoms with Crippen molar-refractivity contribution in [3.05, 3.63) is 77.9 Å². The molecule has 0 saturated heterocycles. The minimum Gasteiger partial charge on any atom is -0.443 e. The number of anilines is 2. The fourth-order valence-corrected chi connectivity index (χ4v) is 4.21. The molecule has 2 aromatic carbocycles. The number of carbonyl (C=O) groups excluding carboxylic acids is 1. The topological polar surface area (TPSA) is 125 Å². The number of amides is 1. The number of benzene rings is 2. The molecule has 0 aliphatic rings. The van der Waals surface area contributed by atoms with E-state index in [1.807, 2.05) is 6.07 Å². The molecule has 166 valence electrons. The Morgan fingerprint density at radius 1 is 1.09 bits per heavy atom. The normalized spacial score (nSPS) is 11.3. The summed E-state index contributed by atoms with van der Waals surface area (Å²) in [6.45, 7) is 0. The monoisotopic (exact) mass is 471 g/mol. The van der Waals surface area contributed by atoms with Gasteiger partial charge in [0.25, 0.3) is 5.91 Å². The largest absolute Gasteiger partial charge is 0.443 e. The average molecular weight is 471 g/mol. The molecule has 0 radical (unpaired) electrons. The van der Waals surface area contributed by atoms with Gasteiger partial charge in [-0.25, -0.2) is 24.0 Å². The molecule has 1 amide bonds. The van der Waals surface area contributed by atoms with Gasteiger partial charge < -0.3 is 15.5 Å². The van der Waals surface area contributed by atoms with E-state index in [1.54, 1.807) is 47.3 Å². The maximum absolute atomic E-state index is 13.5. The number of hydrogen-bond acceptors (Lipinski definition) is 8. The van der Waals surface area contributed by atoms with Crippen LogP contribution >= 0.6 is 11.3 Å². The van der Waals surface area contributed by atoms with Crippen LogP contribution < -0.4 is 11.1 Å². The van der Waals surface area contributed by atoms with Gasteiger partial charge in [0.1, 0.15) is 17.2 Å². The average Bonchev–Trinajstić information content (AvgIpc) is 3.58. The van der Waals surface area contributed by atoms with E-state index in [9.17, 15) is 9.18 Å². The van der Waals surface area contributed by atoms with Gasteiger partial charge in [-0.2, -0.15) is 5.10 Å². The van der Waals surface area contributed by atoms with Crippen molar-refractivity contribution in [1.29, 1.82) is 0 Å². The van der Waals surface area contributed by atoms with Crippen molar-refractivity contribution in [2.75, 3.05) is 11.1 Å². The number of hydrogen-bond donors (Lipinski definition) is 2. The molecule has 0 spiro atoms. The van der Waals surface area contributed by atoms with E-state index in [0.29, 0.717) is 49.1 Å². The molecule has 0 aliphatic heterocycles. The summed E-state index contributed by atoms with van der Waals surface area (Å²) in [7, 11) is 0. The first-order chi connectivity index (χ1) is 16.5. The number of oxazole rings is 1. The molecular formula is C23H14FN7O2S. The van der Waals surface area contributed by atoms with Crippen LogP contribution in [0.2, 0.25) is 0 Å². The molecule has 0 unspecified atom stereocenters. The number of nitrogen functional groups attached to an aromatic ring is 1. The van der Waals surface area contributed by atoms with E-state index < -0.39 is 0 Å². The number of carbonyl (C=O) groups is 1. The molecule has 34 heavy (non-hydrogen) atoms. The van der Waals surface area contributed by atoms with Crippen molar-refractivity contribution in [1.82, 2.24) is 24.7 Å². The van der Waals surface area contributed by atoms with Crippen LogP contribution in [0.1, 0.15) is 9.67 Å². The van der Waals surface area contributed by atoms with Gasteiger partial charge in [0.2, 0.25) is 0 Å². The third-order valence-electron chi connectivity index (χ3n) is 5.17. The van der Waals surface area contributed by atoms with Gasteiger partial charge in [-0.05, 0) is 54.6 Å². The third-order valence-corrected chi connectivity index (χ3v) is 6.08. The number of aromatic nitrogens is 5. The standard InChI is InChI=1S/C23H14FN7O2S/c24-13-2-4-14(5-3-13)31-22-15(10-27-31)21(30-23(32)18-7-8-19(25)34-18)28-20(29-22)12-1-6-16-17(9-12)33-11-26-16/h1-11H,25H2,(H,28,29,30,32). The lowest BCUT2D eigenvalue weighted by Crippen LogP contribution is -2.12. The number of nitrogens with two attached hydrogens (primary N) is 1. The number of fused-ring (bicyclic) bond motifs is 2. The van der Waals surface area contributed by atoms with Crippen LogP contribution in [0.3, 0.4) is 0 Å². The highest BCUT2D eigenvalue weighted by Crippen LogP contribution is 2.29. The Balaban J connectivity index is 1.52. The van der Waals surface area contributed by atoms with Crippen molar-refractivity contribution in [3.63, 3.8) is 0 Å². The molecule has 0 saturated carbocycles. The van der Waals surface area contributed by atoms with Gasteiger partial charge in [-0.15, -0.1) is 11.3 Å². The Hall–Kier alpha value is -4.64. The second-order valence-corrected chi connectivity index (χ2v) is 8.47. The molecule has 4 aromatic heterocycles. The Bertz CT molecular complexity index is 1690. The quantitative estimate of drug-likeness (QED) is 0.383. The summed E-state index contributed by atoms with van der Waals surface area (Å²) in [6.07, 6.45) is 2.92. The van der Waals surface area contributed by atoms with Crippen molar-refractivity contribution in [3.8, 4) is 17.1 Å².